The van der Waals surface area contributed by atoms with Crippen molar-refractivity contribution in [3.8, 4) is 0 Å². The molecule has 110 valence electrons. The van der Waals surface area contributed by atoms with Crippen LogP contribution in [-0.2, 0) is 0 Å². The van der Waals surface area contributed by atoms with Crippen molar-refractivity contribution >= 4 is 0 Å². The predicted octanol–water partition coefficient (Wildman–Crippen LogP) is 5.45. The molecule has 0 rings (SSSR count). The molecule has 0 aliphatic carbocycles. The van der Waals surface area contributed by atoms with Gasteiger partial charge in [-0.25, -0.2) is 0 Å². The third kappa shape index (κ3) is 6.13. The van der Waals surface area contributed by atoms with Crippen LogP contribution in [0.2, 0.25) is 0 Å². The van der Waals surface area contributed by atoms with Gasteiger partial charge in [0.25, 0.3) is 0 Å². The molecule has 0 aromatic rings. The summed E-state index contributed by atoms with van der Waals surface area (Å²) in [5.41, 5.74) is 11.2. The lowest BCUT2D eigenvalue weighted by molar-refractivity contribution is 0.603. The fourth-order valence-corrected chi connectivity index (χ4v) is 2.63. The minimum atomic E-state index is 0.459. The van der Waals surface area contributed by atoms with Crippen molar-refractivity contribution in [3.63, 3.8) is 0 Å². The van der Waals surface area contributed by atoms with Gasteiger partial charge in [-0.15, -0.1) is 0 Å². The van der Waals surface area contributed by atoms with Crippen LogP contribution in [0.5, 0.6) is 0 Å². The van der Waals surface area contributed by atoms with E-state index in [9.17, 15) is 0 Å². The van der Waals surface area contributed by atoms with Crippen LogP contribution in [0.25, 0.3) is 0 Å². The molecule has 2 N–H and O–H groups in total. The Hall–Kier alpha value is -0.980. The zero-order valence-electron chi connectivity index (χ0n) is 14.0. The summed E-state index contributed by atoms with van der Waals surface area (Å²) in [5.74, 6) is 1.73. The van der Waals surface area contributed by atoms with E-state index in [2.05, 4.69) is 48.1 Å². The highest BCUT2D eigenvalue weighted by atomic mass is 14.6. The van der Waals surface area contributed by atoms with Crippen LogP contribution in [-0.4, -0.2) is 0 Å². The summed E-state index contributed by atoms with van der Waals surface area (Å²) in [5, 5.41) is 0. The van der Waals surface area contributed by atoms with Crippen molar-refractivity contribution in [2.24, 2.45) is 23.5 Å². The quantitative estimate of drug-likeness (QED) is 0.607. The first-order valence-electron chi connectivity index (χ1n) is 7.51. The van der Waals surface area contributed by atoms with E-state index in [1.54, 1.807) is 0 Å². The van der Waals surface area contributed by atoms with Gasteiger partial charge in [-0.3, -0.25) is 0 Å². The van der Waals surface area contributed by atoms with Gasteiger partial charge < -0.3 is 5.73 Å². The average Bonchev–Trinajstić information content (AvgIpc) is 2.22. The summed E-state index contributed by atoms with van der Waals surface area (Å²) in [7, 11) is 0. The molecule has 1 nitrogen and oxygen atoms in total. The van der Waals surface area contributed by atoms with Gasteiger partial charge in [-0.1, -0.05) is 54.2 Å². The van der Waals surface area contributed by atoms with E-state index in [4.69, 9.17) is 5.73 Å². The van der Waals surface area contributed by atoms with Gasteiger partial charge in [0.2, 0.25) is 0 Å². The lowest BCUT2D eigenvalue weighted by atomic mass is 9.83. The van der Waals surface area contributed by atoms with Crippen molar-refractivity contribution < 1.29 is 0 Å². The zero-order chi connectivity index (χ0) is 15.2. The van der Waals surface area contributed by atoms with Crippen molar-refractivity contribution in [2.75, 3.05) is 0 Å². The average molecular weight is 263 g/mol. The highest BCUT2D eigenvalue weighted by Gasteiger charge is 2.17. The number of nitrogens with two attached hydrogens (primary N) is 1. The monoisotopic (exact) mass is 263 g/mol. The Balaban J connectivity index is 5.83. The Labute approximate surface area is 120 Å². The maximum atomic E-state index is 6.15. The normalized spacial score (nSPS) is 14.8. The van der Waals surface area contributed by atoms with Crippen LogP contribution in [0, 0.1) is 17.8 Å². The standard InChI is InChI=1S/C18H33N/c1-9-16(10-12(2)3)17(11-13(4)5)18(14(6)7)15(8)19/h9,12-14H,1,10-11,19H2,2-8H3/b17-16+,18-15+. The molecule has 0 aromatic carbocycles. The Morgan fingerprint density at radius 1 is 1.00 bits per heavy atom. The summed E-state index contributed by atoms with van der Waals surface area (Å²) in [6, 6.07) is 0. The van der Waals surface area contributed by atoms with Gasteiger partial charge in [-0.05, 0) is 54.2 Å². The van der Waals surface area contributed by atoms with Gasteiger partial charge in [0.05, 0.1) is 0 Å². The smallest absolute Gasteiger partial charge is 0.00869 e. The highest BCUT2D eigenvalue weighted by molar-refractivity contribution is 5.42. The molecule has 0 heterocycles. The predicted molar refractivity (Wildman–Crippen MR) is 87.9 cm³/mol. The van der Waals surface area contributed by atoms with Crippen LogP contribution < -0.4 is 5.73 Å². The molecule has 0 aliphatic heterocycles. The molecule has 0 radical (unpaired) electrons. The molecule has 0 unspecified atom stereocenters. The van der Waals surface area contributed by atoms with Gasteiger partial charge >= 0.3 is 0 Å². The fourth-order valence-electron chi connectivity index (χ4n) is 2.63. The molecule has 0 atom stereocenters. The van der Waals surface area contributed by atoms with Crippen LogP contribution in [0.4, 0.5) is 0 Å². The molecule has 0 aliphatic rings. The van der Waals surface area contributed by atoms with E-state index in [0.717, 1.165) is 18.5 Å². The Bertz CT molecular complexity index is 350. The largest absolute Gasteiger partial charge is 0.402 e. The van der Waals surface area contributed by atoms with Gasteiger partial charge in [-0.2, -0.15) is 0 Å². The number of allylic oxidation sites excluding steroid dienone is 5. The second kappa shape index (κ2) is 8.24. The van der Waals surface area contributed by atoms with E-state index >= 15 is 0 Å². The minimum absolute atomic E-state index is 0.459. The van der Waals surface area contributed by atoms with Crippen molar-refractivity contribution in [1.82, 2.24) is 0 Å². The Morgan fingerprint density at radius 2 is 1.47 bits per heavy atom. The van der Waals surface area contributed by atoms with Crippen molar-refractivity contribution in [3.05, 3.63) is 35.1 Å². The van der Waals surface area contributed by atoms with E-state index in [0.29, 0.717) is 17.8 Å². The van der Waals surface area contributed by atoms with E-state index < -0.39 is 0 Å². The summed E-state index contributed by atoms with van der Waals surface area (Å²) in [6.07, 6.45) is 4.19. The summed E-state index contributed by atoms with van der Waals surface area (Å²) in [6.45, 7) is 19.5. The number of rotatable bonds is 7. The highest BCUT2D eigenvalue weighted by Crippen LogP contribution is 2.32. The zero-order valence-corrected chi connectivity index (χ0v) is 14.0. The second-order valence-corrected chi connectivity index (χ2v) is 6.66. The first kappa shape index (κ1) is 18.0. The van der Waals surface area contributed by atoms with E-state index in [-0.39, 0.29) is 0 Å². The Kier molecular flexibility index (Phi) is 7.82. The molecule has 0 bridgehead atoms. The lowest BCUT2D eigenvalue weighted by Crippen LogP contribution is -2.11. The molecular formula is C18H33N. The molecule has 1 heteroatoms. The minimum Gasteiger partial charge on any atom is -0.402 e. The maximum Gasteiger partial charge on any atom is 0.00869 e. The molecule has 0 saturated carbocycles. The first-order valence-corrected chi connectivity index (χ1v) is 7.51. The fraction of sp³-hybridized carbons (Fsp3) is 0.667. The lowest BCUT2D eigenvalue weighted by Gasteiger charge is -2.23. The molecule has 0 fully saturated rings. The molecule has 0 aromatic heterocycles. The maximum absolute atomic E-state index is 6.15. The van der Waals surface area contributed by atoms with Gasteiger partial charge in [0, 0.05) is 5.70 Å². The van der Waals surface area contributed by atoms with Crippen LogP contribution in [0.1, 0.15) is 61.3 Å². The topological polar surface area (TPSA) is 26.0 Å². The SMILES string of the molecule is C=C/C(CC(C)C)=C(CC(C)C)\C(=C(/C)N)C(C)C. The van der Waals surface area contributed by atoms with E-state index in [1.807, 2.05) is 13.0 Å². The van der Waals surface area contributed by atoms with Crippen molar-refractivity contribution in [1.29, 1.82) is 0 Å². The third-order valence-corrected chi connectivity index (χ3v) is 3.20. The molecule has 19 heavy (non-hydrogen) atoms. The van der Waals surface area contributed by atoms with Crippen LogP contribution in [0.15, 0.2) is 35.1 Å². The van der Waals surface area contributed by atoms with Crippen LogP contribution in [0.3, 0.4) is 0 Å². The summed E-state index contributed by atoms with van der Waals surface area (Å²) in [4.78, 5) is 0. The van der Waals surface area contributed by atoms with Gasteiger partial charge in [0.15, 0.2) is 0 Å². The molecule has 0 amide bonds. The van der Waals surface area contributed by atoms with Crippen LogP contribution >= 0.6 is 0 Å². The van der Waals surface area contributed by atoms with Crippen molar-refractivity contribution in [2.45, 2.75) is 61.3 Å². The van der Waals surface area contributed by atoms with E-state index in [1.165, 1.54) is 16.7 Å². The number of hydrogen-bond acceptors (Lipinski definition) is 1. The summed E-state index contributed by atoms with van der Waals surface area (Å²) >= 11 is 0. The molecule has 0 spiro atoms. The molecule has 0 saturated heterocycles. The van der Waals surface area contributed by atoms with Gasteiger partial charge in [0.1, 0.15) is 0 Å². The summed E-state index contributed by atoms with van der Waals surface area (Å²) < 4.78 is 0. The number of hydrogen-bond donors (Lipinski definition) is 1. The Morgan fingerprint density at radius 3 is 1.74 bits per heavy atom. The first-order chi connectivity index (χ1) is 8.70. The molecular weight excluding hydrogens is 230 g/mol. The second-order valence-electron chi connectivity index (χ2n) is 6.66. The third-order valence-electron chi connectivity index (χ3n) is 3.20.